The molecule has 1 aromatic carbocycles. The van der Waals surface area contributed by atoms with Gasteiger partial charge in [0, 0.05) is 23.7 Å². The van der Waals surface area contributed by atoms with Crippen LogP contribution in [0.5, 0.6) is 5.88 Å². The SMILES string of the molecule is COc1cccc(CNC(=O)CN2Cc3ccc(-c4nc(Cl)ncc4Cl)cc3C2=O)n1. The zero-order valence-corrected chi connectivity index (χ0v) is 17.9. The monoisotopic (exact) mass is 457 g/mol. The van der Waals surface area contributed by atoms with Crippen LogP contribution in [0.1, 0.15) is 21.6 Å². The molecule has 1 aliphatic rings. The number of nitrogens with one attached hydrogen (secondary N) is 1. The standard InChI is InChI=1S/C21H17Cl2N5O3/c1-31-18-4-2-3-14(26-18)8-24-17(29)11-28-10-13-6-5-12(7-15(13)20(28)30)19-16(22)9-25-21(23)27-19/h2-7,9H,8,10-11H2,1H3,(H,24,29). The molecule has 0 bridgehead atoms. The first-order valence-electron chi connectivity index (χ1n) is 9.32. The van der Waals surface area contributed by atoms with Crippen LogP contribution in [0.15, 0.2) is 42.6 Å². The highest BCUT2D eigenvalue weighted by atomic mass is 35.5. The van der Waals surface area contributed by atoms with Crippen molar-refractivity contribution >= 4 is 35.0 Å². The molecule has 158 valence electrons. The van der Waals surface area contributed by atoms with Gasteiger partial charge in [0.05, 0.1) is 36.3 Å². The zero-order chi connectivity index (χ0) is 22.0. The van der Waals surface area contributed by atoms with Crippen molar-refractivity contribution in [2.75, 3.05) is 13.7 Å². The molecule has 3 aromatic rings. The number of halogens is 2. The van der Waals surface area contributed by atoms with Gasteiger partial charge in [-0.15, -0.1) is 0 Å². The number of carbonyl (C=O) groups excluding carboxylic acids is 2. The van der Waals surface area contributed by atoms with E-state index in [9.17, 15) is 9.59 Å². The normalized spacial score (nSPS) is 12.6. The first-order chi connectivity index (χ1) is 14.9. The average Bonchev–Trinajstić information content (AvgIpc) is 3.08. The predicted molar refractivity (Wildman–Crippen MR) is 115 cm³/mol. The number of carbonyl (C=O) groups is 2. The van der Waals surface area contributed by atoms with Crippen molar-refractivity contribution in [2.45, 2.75) is 13.1 Å². The van der Waals surface area contributed by atoms with Crippen LogP contribution in [0.2, 0.25) is 10.3 Å². The van der Waals surface area contributed by atoms with Crippen LogP contribution in [0, 0.1) is 0 Å². The minimum absolute atomic E-state index is 0.0626. The molecule has 0 spiro atoms. The van der Waals surface area contributed by atoms with E-state index < -0.39 is 0 Å². The molecule has 4 rings (SSSR count). The third-order valence-corrected chi connectivity index (χ3v) is 5.23. The maximum absolute atomic E-state index is 12.9. The van der Waals surface area contributed by atoms with Gasteiger partial charge in [-0.05, 0) is 29.3 Å². The van der Waals surface area contributed by atoms with E-state index in [0.717, 1.165) is 5.56 Å². The van der Waals surface area contributed by atoms with Crippen molar-refractivity contribution in [2.24, 2.45) is 0 Å². The number of fused-ring (bicyclic) bond motifs is 1. The Kier molecular flexibility index (Phi) is 6.01. The maximum atomic E-state index is 12.9. The molecule has 2 amide bonds. The third-order valence-electron chi connectivity index (χ3n) is 4.77. The lowest BCUT2D eigenvalue weighted by atomic mass is 10.0. The number of nitrogens with zero attached hydrogens (tertiary/aromatic N) is 4. The molecule has 0 atom stereocenters. The lowest BCUT2D eigenvalue weighted by molar-refractivity contribution is -0.122. The second-order valence-electron chi connectivity index (χ2n) is 6.82. The molecule has 0 aliphatic carbocycles. The van der Waals surface area contributed by atoms with Crippen LogP contribution in [-0.4, -0.2) is 45.3 Å². The Labute approximate surface area is 188 Å². The van der Waals surface area contributed by atoms with E-state index in [2.05, 4.69) is 20.3 Å². The van der Waals surface area contributed by atoms with E-state index in [1.165, 1.54) is 18.2 Å². The Balaban J connectivity index is 1.43. The minimum atomic E-state index is -0.281. The van der Waals surface area contributed by atoms with Crippen molar-refractivity contribution in [3.63, 3.8) is 0 Å². The molecule has 10 heteroatoms. The summed E-state index contributed by atoms with van der Waals surface area (Å²) in [4.78, 5) is 38.9. The maximum Gasteiger partial charge on any atom is 0.254 e. The van der Waals surface area contributed by atoms with Gasteiger partial charge in [-0.2, -0.15) is 0 Å². The summed E-state index contributed by atoms with van der Waals surface area (Å²) in [7, 11) is 1.53. The van der Waals surface area contributed by atoms with Crippen molar-refractivity contribution in [1.29, 1.82) is 0 Å². The van der Waals surface area contributed by atoms with Crippen LogP contribution in [0.3, 0.4) is 0 Å². The summed E-state index contributed by atoms with van der Waals surface area (Å²) >= 11 is 12.0. The number of pyridine rings is 1. The molecule has 0 fully saturated rings. The summed E-state index contributed by atoms with van der Waals surface area (Å²) in [6.07, 6.45) is 1.41. The highest BCUT2D eigenvalue weighted by Crippen LogP contribution is 2.31. The number of ether oxygens (including phenoxy) is 1. The minimum Gasteiger partial charge on any atom is -0.481 e. The van der Waals surface area contributed by atoms with Gasteiger partial charge in [-0.25, -0.2) is 15.0 Å². The molecular formula is C21H17Cl2N5O3. The Morgan fingerprint density at radius 2 is 2.06 bits per heavy atom. The Hall–Kier alpha value is -3.23. The van der Waals surface area contributed by atoms with Gasteiger partial charge in [0.15, 0.2) is 0 Å². The van der Waals surface area contributed by atoms with Gasteiger partial charge in [0.2, 0.25) is 17.1 Å². The summed E-state index contributed by atoms with van der Waals surface area (Å²) < 4.78 is 5.07. The van der Waals surface area contributed by atoms with E-state index >= 15 is 0 Å². The number of aromatic nitrogens is 3. The van der Waals surface area contributed by atoms with Gasteiger partial charge in [-0.1, -0.05) is 29.8 Å². The zero-order valence-electron chi connectivity index (χ0n) is 16.4. The van der Waals surface area contributed by atoms with E-state index in [-0.39, 0.29) is 30.2 Å². The Bertz CT molecular complexity index is 1170. The van der Waals surface area contributed by atoms with Gasteiger partial charge in [-0.3, -0.25) is 9.59 Å². The van der Waals surface area contributed by atoms with Crippen molar-refractivity contribution in [3.8, 4) is 17.1 Å². The Morgan fingerprint density at radius 3 is 2.87 bits per heavy atom. The van der Waals surface area contributed by atoms with Crippen molar-refractivity contribution in [3.05, 3.63) is 69.7 Å². The lowest BCUT2D eigenvalue weighted by Gasteiger charge is -2.15. The molecule has 1 aliphatic heterocycles. The predicted octanol–water partition coefficient (Wildman–Crippen LogP) is 3.13. The van der Waals surface area contributed by atoms with E-state index in [4.69, 9.17) is 27.9 Å². The van der Waals surface area contributed by atoms with Crippen LogP contribution in [0.4, 0.5) is 0 Å². The van der Waals surface area contributed by atoms with Crippen LogP contribution >= 0.6 is 23.2 Å². The average molecular weight is 458 g/mol. The number of benzene rings is 1. The number of hydrogen-bond donors (Lipinski definition) is 1. The number of amides is 2. The summed E-state index contributed by atoms with van der Waals surface area (Å²) in [6.45, 7) is 0.520. The summed E-state index contributed by atoms with van der Waals surface area (Å²) in [5.41, 5.74) is 3.09. The summed E-state index contributed by atoms with van der Waals surface area (Å²) in [5, 5.41) is 3.17. The molecule has 31 heavy (non-hydrogen) atoms. The molecule has 3 heterocycles. The highest BCUT2D eigenvalue weighted by molar-refractivity contribution is 6.33. The quantitative estimate of drug-likeness (QED) is 0.571. The largest absolute Gasteiger partial charge is 0.481 e. The fraction of sp³-hybridized carbons (Fsp3) is 0.190. The summed E-state index contributed by atoms with van der Waals surface area (Å²) in [6, 6.07) is 10.7. The van der Waals surface area contributed by atoms with E-state index in [1.807, 2.05) is 12.1 Å². The molecular weight excluding hydrogens is 441 g/mol. The van der Waals surface area contributed by atoms with Gasteiger partial charge in [0.1, 0.15) is 6.54 Å². The second kappa shape index (κ2) is 8.87. The molecule has 2 aromatic heterocycles. The molecule has 1 N–H and O–H groups in total. The van der Waals surface area contributed by atoms with Crippen molar-refractivity contribution < 1.29 is 14.3 Å². The number of methoxy groups -OCH3 is 1. The van der Waals surface area contributed by atoms with Crippen LogP contribution in [-0.2, 0) is 17.9 Å². The molecule has 0 saturated carbocycles. The fourth-order valence-electron chi connectivity index (χ4n) is 3.27. The Morgan fingerprint density at radius 1 is 1.23 bits per heavy atom. The van der Waals surface area contributed by atoms with Gasteiger partial charge >= 0.3 is 0 Å². The first kappa shape index (κ1) is 21.0. The second-order valence-corrected chi connectivity index (χ2v) is 7.56. The number of rotatable bonds is 6. The molecule has 0 unspecified atom stereocenters. The first-order valence-corrected chi connectivity index (χ1v) is 10.1. The van der Waals surface area contributed by atoms with E-state index in [1.54, 1.807) is 24.3 Å². The van der Waals surface area contributed by atoms with Crippen molar-refractivity contribution in [1.82, 2.24) is 25.2 Å². The highest BCUT2D eigenvalue weighted by Gasteiger charge is 2.29. The van der Waals surface area contributed by atoms with Gasteiger partial charge < -0.3 is 15.0 Å². The smallest absolute Gasteiger partial charge is 0.254 e. The topological polar surface area (TPSA) is 97.3 Å². The molecule has 0 saturated heterocycles. The molecule has 8 nitrogen and oxygen atoms in total. The summed E-state index contributed by atoms with van der Waals surface area (Å²) in [5.74, 6) is -0.0443. The fourth-order valence-corrected chi connectivity index (χ4v) is 3.61. The van der Waals surface area contributed by atoms with Crippen LogP contribution < -0.4 is 10.1 Å². The van der Waals surface area contributed by atoms with Gasteiger partial charge in [0.25, 0.3) is 5.91 Å². The third kappa shape index (κ3) is 4.60. The number of hydrogen-bond acceptors (Lipinski definition) is 6. The van der Waals surface area contributed by atoms with E-state index in [0.29, 0.717) is 40.0 Å². The lowest BCUT2D eigenvalue weighted by Crippen LogP contribution is -2.37. The molecule has 0 radical (unpaired) electrons. The van der Waals surface area contributed by atoms with Crippen LogP contribution in [0.25, 0.3) is 11.3 Å².